The SMILES string of the molecule is COc1cc(N)ccc1CN(C)c1ccccc1F. The third kappa shape index (κ3) is 2.96. The van der Waals surface area contributed by atoms with Crippen molar-refractivity contribution in [3.05, 3.63) is 53.8 Å². The van der Waals surface area contributed by atoms with Crippen LogP contribution in [0.4, 0.5) is 15.8 Å². The fraction of sp³-hybridized carbons (Fsp3) is 0.200. The molecule has 100 valence electrons. The average molecular weight is 260 g/mol. The van der Waals surface area contributed by atoms with Gasteiger partial charge in [-0.15, -0.1) is 0 Å². The van der Waals surface area contributed by atoms with Crippen LogP contribution in [0.5, 0.6) is 5.75 Å². The molecule has 0 unspecified atom stereocenters. The predicted octanol–water partition coefficient (Wildman–Crippen LogP) is 3.05. The van der Waals surface area contributed by atoms with E-state index in [9.17, 15) is 4.39 Å². The topological polar surface area (TPSA) is 38.5 Å². The van der Waals surface area contributed by atoms with Gasteiger partial charge in [-0.3, -0.25) is 0 Å². The normalized spacial score (nSPS) is 10.3. The zero-order valence-electron chi connectivity index (χ0n) is 11.1. The van der Waals surface area contributed by atoms with Gasteiger partial charge >= 0.3 is 0 Å². The van der Waals surface area contributed by atoms with Gasteiger partial charge in [0.25, 0.3) is 0 Å². The van der Waals surface area contributed by atoms with Crippen molar-refractivity contribution in [2.75, 3.05) is 24.8 Å². The van der Waals surface area contributed by atoms with Gasteiger partial charge in [-0.2, -0.15) is 0 Å². The minimum Gasteiger partial charge on any atom is -0.496 e. The van der Waals surface area contributed by atoms with Crippen LogP contribution in [0.1, 0.15) is 5.56 Å². The third-order valence-electron chi connectivity index (χ3n) is 2.98. The number of ether oxygens (including phenoxy) is 1. The van der Waals surface area contributed by atoms with Crippen LogP contribution >= 0.6 is 0 Å². The Balaban J connectivity index is 2.24. The molecule has 2 rings (SSSR count). The number of nitrogens with two attached hydrogens (primary N) is 1. The number of nitrogens with zero attached hydrogens (tertiary/aromatic N) is 1. The van der Waals surface area contributed by atoms with Gasteiger partial charge in [0, 0.05) is 30.9 Å². The standard InChI is InChI=1S/C15H17FN2O/c1-18(14-6-4-3-5-13(14)16)10-11-7-8-12(17)9-15(11)19-2/h3-9H,10,17H2,1-2H3. The molecule has 0 fully saturated rings. The minimum absolute atomic E-state index is 0.237. The van der Waals surface area contributed by atoms with Gasteiger partial charge in [0.1, 0.15) is 11.6 Å². The average Bonchev–Trinajstić information content (AvgIpc) is 2.41. The van der Waals surface area contributed by atoms with Crippen LogP contribution in [-0.2, 0) is 6.54 Å². The van der Waals surface area contributed by atoms with Crippen LogP contribution in [0.3, 0.4) is 0 Å². The summed E-state index contributed by atoms with van der Waals surface area (Å²) in [7, 11) is 3.44. The van der Waals surface area contributed by atoms with Gasteiger partial charge < -0.3 is 15.4 Å². The van der Waals surface area contributed by atoms with E-state index in [1.54, 1.807) is 25.3 Å². The van der Waals surface area contributed by atoms with E-state index in [0.29, 0.717) is 23.7 Å². The molecule has 2 aromatic rings. The molecule has 0 spiro atoms. The molecule has 3 nitrogen and oxygen atoms in total. The highest BCUT2D eigenvalue weighted by atomic mass is 19.1. The number of anilines is 2. The van der Waals surface area contributed by atoms with E-state index in [-0.39, 0.29) is 5.82 Å². The molecule has 0 saturated heterocycles. The van der Waals surface area contributed by atoms with Gasteiger partial charge in [-0.05, 0) is 18.2 Å². The molecule has 0 aliphatic carbocycles. The molecule has 0 amide bonds. The van der Waals surface area contributed by atoms with Crippen molar-refractivity contribution in [3.8, 4) is 5.75 Å². The molecule has 2 aromatic carbocycles. The summed E-state index contributed by atoms with van der Waals surface area (Å²) in [5.74, 6) is 0.475. The minimum atomic E-state index is -0.237. The van der Waals surface area contributed by atoms with Gasteiger partial charge in [-0.25, -0.2) is 4.39 Å². The lowest BCUT2D eigenvalue weighted by Gasteiger charge is -2.21. The van der Waals surface area contributed by atoms with E-state index in [0.717, 1.165) is 5.56 Å². The van der Waals surface area contributed by atoms with Crippen molar-refractivity contribution in [1.29, 1.82) is 0 Å². The van der Waals surface area contributed by atoms with E-state index in [1.165, 1.54) is 6.07 Å². The van der Waals surface area contributed by atoms with Crippen LogP contribution in [0.2, 0.25) is 0 Å². The molecule has 0 heterocycles. The van der Waals surface area contributed by atoms with Gasteiger partial charge in [-0.1, -0.05) is 18.2 Å². The zero-order chi connectivity index (χ0) is 13.8. The first kappa shape index (κ1) is 13.2. The highest BCUT2D eigenvalue weighted by Crippen LogP contribution is 2.25. The Morgan fingerprint density at radius 2 is 1.95 bits per heavy atom. The summed E-state index contributed by atoms with van der Waals surface area (Å²) in [5, 5.41) is 0. The van der Waals surface area contributed by atoms with Crippen molar-refractivity contribution in [3.63, 3.8) is 0 Å². The molecule has 0 saturated carbocycles. The molecule has 0 aliphatic rings. The maximum absolute atomic E-state index is 13.7. The first-order valence-electron chi connectivity index (χ1n) is 6.00. The summed E-state index contributed by atoms with van der Waals surface area (Å²) >= 11 is 0. The summed E-state index contributed by atoms with van der Waals surface area (Å²) < 4.78 is 19.0. The van der Waals surface area contributed by atoms with Crippen LogP contribution in [0.25, 0.3) is 0 Å². The van der Waals surface area contributed by atoms with Crippen LogP contribution < -0.4 is 15.4 Å². The second-order valence-corrected chi connectivity index (χ2v) is 4.38. The highest BCUT2D eigenvalue weighted by Gasteiger charge is 2.10. The quantitative estimate of drug-likeness (QED) is 0.859. The summed E-state index contributed by atoms with van der Waals surface area (Å²) in [6, 6.07) is 12.2. The Kier molecular flexibility index (Phi) is 3.90. The van der Waals surface area contributed by atoms with Crippen molar-refractivity contribution in [1.82, 2.24) is 0 Å². The number of rotatable bonds is 4. The Hall–Kier alpha value is -2.23. The van der Waals surface area contributed by atoms with Crippen LogP contribution in [-0.4, -0.2) is 14.2 Å². The van der Waals surface area contributed by atoms with E-state index >= 15 is 0 Å². The second kappa shape index (κ2) is 5.61. The predicted molar refractivity (Wildman–Crippen MR) is 75.9 cm³/mol. The third-order valence-corrected chi connectivity index (χ3v) is 2.98. The molecule has 0 aromatic heterocycles. The van der Waals surface area contributed by atoms with Crippen molar-refractivity contribution in [2.45, 2.75) is 6.54 Å². The second-order valence-electron chi connectivity index (χ2n) is 4.38. The molecule has 19 heavy (non-hydrogen) atoms. The van der Waals surface area contributed by atoms with Gasteiger partial charge in [0.15, 0.2) is 0 Å². The lowest BCUT2D eigenvalue weighted by Crippen LogP contribution is -2.18. The maximum Gasteiger partial charge on any atom is 0.146 e. The lowest BCUT2D eigenvalue weighted by atomic mass is 10.1. The molecule has 0 atom stereocenters. The van der Waals surface area contributed by atoms with Crippen LogP contribution in [0.15, 0.2) is 42.5 Å². The Morgan fingerprint density at radius 1 is 1.21 bits per heavy atom. The number of hydrogen-bond donors (Lipinski definition) is 1. The smallest absolute Gasteiger partial charge is 0.146 e. The molecular formula is C15H17FN2O. The molecule has 0 bridgehead atoms. The number of hydrogen-bond acceptors (Lipinski definition) is 3. The number of benzene rings is 2. The number of para-hydroxylation sites is 1. The summed E-state index contributed by atoms with van der Waals surface area (Å²) in [6.45, 7) is 0.546. The van der Waals surface area contributed by atoms with Gasteiger partial charge in [0.2, 0.25) is 0 Å². The summed E-state index contributed by atoms with van der Waals surface area (Å²) in [5.41, 5.74) is 7.88. The van der Waals surface area contributed by atoms with Gasteiger partial charge in [0.05, 0.1) is 12.8 Å². The van der Waals surface area contributed by atoms with Crippen LogP contribution in [0, 0.1) is 5.82 Å². The van der Waals surface area contributed by atoms with Crippen molar-refractivity contribution < 1.29 is 9.13 Å². The largest absolute Gasteiger partial charge is 0.496 e. The first-order chi connectivity index (χ1) is 9.11. The molecular weight excluding hydrogens is 243 g/mol. The fourth-order valence-electron chi connectivity index (χ4n) is 1.99. The molecule has 0 radical (unpaired) electrons. The highest BCUT2D eigenvalue weighted by molar-refractivity contribution is 5.52. The monoisotopic (exact) mass is 260 g/mol. The Labute approximate surface area is 112 Å². The fourth-order valence-corrected chi connectivity index (χ4v) is 1.99. The summed E-state index contributed by atoms with van der Waals surface area (Å²) in [6.07, 6.45) is 0. The first-order valence-corrected chi connectivity index (χ1v) is 6.00. The number of methoxy groups -OCH3 is 1. The zero-order valence-corrected chi connectivity index (χ0v) is 11.1. The molecule has 4 heteroatoms. The van der Waals surface area contributed by atoms with E-state index in [1.807, 2.05) is 30.1 Å². The molecule has 0 aliphatic heterocycles. The maximum atomic E-state index is 13.7. The Morgan fingerprint density at radius 3 is 2.63 bits per heavy atom. The van der Waals surface area contributed by atoms with E-state index < -0.39 is 0 Å². The van der Waals surface area contributed by atoms with E-state index in [4.69, 9.17) is 10.5 Å². The lowest BCUT2D eigenvalue weighted by molar-refractivity contribution is 0.409. The number of halogens is 1. The Bertz CT molecular complexity index is 572. The number of nitrogen functional groups attached to an aromatic ring is 1. The molecule has 2 N–H and O–H groups in total. The van der Waals surface area contributed by atoms with E-state index in [2.05, 4.69) is 0 Å². The summed E-state index contributed by atoms with van der Waals surface area (Å²) in [4.78, 5) is 1.84. The van der Waals surface area contributed by atoms with Crippen molar-refractivity contribution in [2.24, 2.45) is 0 Å². The van der Waals surface area contributed by atoms with Crippen molar-refractivity contribution >= 4 is 11.4 Å².